The topological polar surface area (TPSA) is 40.5 Å². The van der Waals surface area contributed by atoms with Crippen LogP contribution in [-0.2, 0) is 11.2 Å². The van der Waals surface area contributed by atoms with Gasteiger partial charge in [0.15, 0.2) is 0 Å². The van der Waals surface area contributed by atoms with E-state index in [1.165, 1.54) is 0 Å². The second-order valence-electron chi connectivity index (χ2n) is 4.35. The SMILES string of the molecule is O=C(Cc1cccc(Cl)c1)N(CCO)C1CC1. The van der Waals surface area contributed by atoms with Crippen LogP contribution in [0, 0.1) is 0 Å². The van der Waals surface area contributed by atoms with Gasteiger partial charge in [-0.15, -0.1) is 0 Å². The first kappa shape index (κ1) is 12.4. The molecule has 3 nitrogen and oxygen atoms in total. The maximum absolute atomic E-state index is 12.1. The quantitative estimate of drug-likeness (QED) is 0.870. The smallest absolute Gasteiger partial charge is 0.227 e. The summed E-state index contributed by atoms with van der Waals surface area (Å²) in [6, 6.07) is 7.69. The van der Waals surface area contributed by atoms with Gasteiger partial charge in [0.05, 0.1) is 13.0 Å². The lowest BCUT2D eigenvalue weighted by Crippen LogP contribution is -2.36. The molecule has 0 atom stereocenters. The van der Waals surface area contributed by atoms with E-state index >= 15 is 0 Å². The van der Waals surface area contributed by atoms with Crippen molar-refractivity contribution in [2.24, 2.45) is 0 Å². The van der Waals surface area contributed by atoms with Crippen LogP contribution in [0.2, 0.25) is 5.02 Å². The minimum absolute atomic E-state index is 0.0256. The summed E-state index contributed by atoms with van der Waals surface area (Å²) >= 11 is 5.88. The van der Waals surface area contributed by atoms with Crippen molar-refractivity contribution >= 4 is 17.5 Å². The van der Waals surface area contributed by atoms with Crippen molar-refractivity contribution in [2.45, 2.75) is 25.3 Å². The molecule has 0 spiro atoms. The molecule has 1 aromatic carbocycles. The number of rotatable bonds is 5. The summed E-state index contributed by atoms with van der Waals surface area (Å²) < 4.78 is 0. The maximum atomic E-state index is 12.1. The monoisotopic (exact) mass is 253 g/mol. The Morgan fingerprint density at radius 3 is 2.82 bits per heavy atom. The number of benzene rings is 1. The number of aliphatic hydroxyl groups excluding tert-OH is 1. The molecule has 1 aromatic rings. The molecular weight excluding hydrogens is 238 g/mol. The van der Waals surface area contributed by atoms with E-state index in [4.69, 9.17) is 16.7 Å². The fourth-order valence-corrected chi connectivity index (χ4v) is 2.14. The Morgan fingerprint density at radius 1 is 1.47 bits per heavy atom. The normalized spacial score (nSPS) is 14.7. The Kier molecular flexibility index (Phi) is 4.02. The molecule has 1 fully saturated rings. The fourth-order valence-electron chi connectivity index (χ4n) is 1.93. The molecule has 1 saturated carbocycles. The van der Waals surface area contributed by atoms with Gasteiger partial charge in [0.2, 0.25) is 5.91 Å². The molecule has 0 bridgehead atoms. The molecule has 92 valence electrons. The van der Waals surface area contributed by atoms with Crippen molar-refractivity contribution in [1.82, 2.24) is 4.90 Å². The van der Waals surface area contributed by atoms with Gasteiger partial charge in [-0.1, -0.05) is 23.7 Å². The highest BCUT2D eigenvalue weighted by atomic mass is 35.5. The van der Waals surface area contributed by atoms with E-state index in [0.29, 0.717) is 24.0 Å². The molecule has 4 heteroatoms. The molecule has 0 aromatic heterocycles. The van der Waals surface area contributed by atoms with E-state index in [-0.39, 0.29) is 12.5 Å². The van der Waals surface area contributed by atoms with Crippen LogP contribution in [-0.4, -0.2) is 35.1 Å². The zero-order valence-corrected chi connectivity index (χ0v) is 10.4. The number of hydrogen-bond donors (Lipinski definition) is 1. The summed E-state index contributed by atoms with van der Waals surface area (Å²) in [5, 5.41) is 9.61. The first-order valence-electron chi connectivity index (χ1n) is 5.85. The third kappa shape index (κ3) is 3.45. The summed E-state index contributed by atoms with van der Waals surface area (Å²) in [4.78, 5) is 13.8. The van der Waals surface area contributed by atoms with Crippen LogP contribution in [0.15, 0.2) is 24.3 Å². The third-order valence-electron chi connectivity index (χ3n) is 2.89. The minimum Gasteiger partial charge on any atom is -0.395 e. The average Bonchev–Trinajstić information content (AvgIpc) is 3.09. The standard InChI is InChI=1S/C13H16ClNO2/c14-11-3-1-2-10(8-11)9-13(17)15(6-7-16)12-4-5-12/h1-3,8,12,16H,4-7,9H2. The Bertz CT molecular complexity index is 404. The van der Waals surface area contributed by atoms with Gasteiger partial charge < -0.3 is 10.0 Å². The molecule has 17 heavy (non-hydrogen) atoms. The highest BCUT2D eigenvalue weighted by Gasteiger charge is 2.31. The van der Waals surface area contributed by atoms with Crippen LogP contribution in [0.3, 0.4) is 0 Å². The predicted molar refractivity (Wildman–Crippen MR) is 67.0 cm³/mol. The summed E-state index contributed by atoms with van der Waals surface area (Å²) in [6.07, 6.45) is 2.47. The van der Waals surface area contributed by atoms with Gasteiger partial charge in [0, 0.05) is 17.6 Å². The van der Waals surface area contributed by atoms with Crippen LogP contribution in [0.25, 0.3) is 0 Å². The van der Waals surface area contributed by atoms with Gasteiger partial charge in [0.25, 0.3) is 0 Å². The zero-order valence-electron chi connectivity index (χ0n) is 9.60. The van der Waals surface area contributed by atoms with E-state index in [0.717, 1.165) is 18.4 Å². The highest BCUT2D eigenvalue weighted by Crippen LogP contribution is 2.27. The molecule has 0 aliphatic heterocycles. The number of carbonyl (C=O) groups is 1. The Balaban J connectivity index is 1.99. The van der Waals surface area contributed by atoms with Gasteiger partial charge >= 0.3 is 0 Å². The minimum atomic E-state index is 0.0256. The largest absolute Gasteiger partial charge is 0.395 e. The van der Waals surface area contributed by atoms with E-state index in [1.54, 1.807) is 11.0 Å². The molecule has 0 unspecified atom stereocenters. The molecule has 1 N–H and O–H groups in total. The number of hydrogen-bond acceptors (Lipinski definition) is 2. The number of amides is 1. The van der Waals surface area contributed by atoms with Gasteiger partial charge in [-0.2, -0.15) is 0 Å². The van der Waals surface area contributed by atoms with Gasteiger partial charge in [-0.25, -0.2) is 0 Å². The average molecular weight is 254 g/mol. The van der Waals surface area contributed by atoms with E-state index in [1.807, 2.05) is 18.2 Å². The van der Waals surface area contributed by atoms with Crippen molar-refractivity contribution in [1.29, 1.82) is 0 Å². The van der Waals surface area contributed by atoms with E-state index in [9.17, 15) is 4.79 Å². The van der Waals surface area contributed by atoms with Crippen molar-refractivity contribution < 1.29 is 9.90 Å². The van der Waals surface area contributed by atoms with Crippen molar-refractivity contribution in [3.05, 3.63) is 34.9 Å². The van der Waals surface area contributed by atoms with E-state index < -0.39 is 0 Å². The van der Waals surface area contributed by atoms with E-state index in [2.05, 4.69) is 0 Å². The summed E-state index contributed by atoms with van der Waals surface area (Å²) in [5.74, 6) is 0.0730. The Hall–Kier alpha value is -1.06. The maximum Gasteiger partial charge on any atom is 0.227 e. The van der Waals surface area contributed by atoms with Crippen molar-refractivity contribution in [2.75, 3.05) is 13.2 Å². The molecular formula is C13H16ClNO2. The molecule has 0 saturated heterocycles. The van der Waals surface area contributed by atoms with Gasteiger partial charge in [-0.05, 0) is 30.5 Å². The Labute approximate surface area is 106 Å². The number of carbonyl (C=O) groups excluding carboxylic acids is 1. The van der Waals surface area contributed by atoms with Crippen LogP contribution in [0.1, 0.15) is 18.4 Å². The number of nitrogens with zero attached hydrogens (tertiary/aromatic N) is 1. The van der Waals surface area contributed by atoms with Gasteiger partial charge in [0.1, 0.15) is 0 Å². The van der Waals surface area contributed by atoms with Crippen LogP contribution in [0.5, 0.6) is 0 Å². The van der Waals surface area contributed by atoms with Gasteiger partial charge in [-0.3, -0.25) is 4.79 Å². The van der Waals surface area contributed by atoms with Crippen LogP contribution in [0.4, 0.5) is 0 Å². The van der Waals surface area contributed by atoms with Crippen molar-refractivity contribution in [3.8, 4) is 0 Å². The molecule has 1 amide bonds. The molecule has 0 radical (unpaired) electrons. The second-order valence-corrected chi connectivity index (χ2v) is 4.79. The third-order valence-corrected chi connectivity index (χ3v) is 3.13. The first-order chi connectivity index (χ1) is 8.20. The summed E-state index contributed by atoms with van der Waals surface area (Å²) in [5.41, 5.74) is 0.922. The highest BCUT2D eigenvalue weighted by molar-refractivity contribution is 6.30. The summed E-state index contributed by atoms with van der Waals surface area (Å²) in [6.45, 7) is 0.460. The van der Waals surface area contributed by atoms with Crippen molar-refractivity contribution in [3.63, 3.8) is 0 Å². The zero-order chi connectivity index (χ0) is 12.3. The fraction of sp³-hybridized carbons (Fsp3) is 0.462. The molecule has 1 aliphatic rings. The first-order valence-corrected chi connectivity index (χ1v) is 6.23. The lowest BCUT2D eigenvalue weighted by molar-refractivity contribution is -0.131. The molecule has 2 rings (SSSR count). The summed E-state index contributed by atoms with van der Waals surface area (Å²) in [7, 11) is 0. The number of aliphatic hydroxyl groups is 1. The molecule has 0 heterocycles. The number of halogens is 1. The van der Waals surface area contributed by atoms with Crippen LogP contribution >= 0.6 is 11.6 Å². The molecule has 1 aliphatic carbocycles. The lowest BCUT2D eigenvalue weighted by Gasteiger charge is -2.21. The Morgan fingerprint density at radius 2 is 2.24 bits per heavy atom. The second kappa shape index (κ2) is 5.52. The lowest BCUT2D eigenvalue weighted by atomic mass is 10.1. The van der Waals surface area contributed by atoms with Crippen LogP contribution < -0.4 is 0 Å². The predicted octanol–water partition coefficient (Wildman–Crippen LogP) is 1.87.